The minimum atomic E-state index is -0.787. The monoisotopic (exact) mass is 509 g/mol. The number of hydrogen-bond donors (Lipinski definition) is 3. The molecule has 11 heteroatoms. The van der Waals surface area contributed by atoms with Crippen LogP contribution in [0.25, 0.3) is 0 Å². The van der Waals surface area contributed by atoms with E-state index in [0.29, 0.717) is 43.7 Å². The number of nitrogens with one attached hydrogen (secondary N) is 2. The number of amides is 1. The van der Waals surface area contributed by atoms with Gasteiger partial charge in [-0.1, -0.05) is 0 Å². The maximum atomic E-state index is 12.5. The molecule has 0 heterocycles. The first-order valence-electron chi connectivity index (χ1n) is 12.2. The van der Waals surface area contributed by atoms with E-state index in [1.807, 2.05) is 34.6 Å². The molecule has 2 rings (SSSR count). The van der Waals surface area contributed by atoms with Crippen LogP contribution in [0.2, 0.25) is 0 Å². The third-order valence-electron chi connectivity index (χ3n) is 6.46. The van der Waals surface area contributed by atoms with Crippen LogP contribution in [0.5, 0.6) is 11.5 Å². The van der Waals surface area contributed by atoms with Gasteiger partial charge in [0.25, 0.3) is 5.09 Å². The lowest BCUT2D eigenvalue weighted by molar-refractivity contribution is -0.769. The summed E-state index contributed by atoms with van der Waals surface area (Å²) in [6.45, 7) is 11.4. The Morgan fingerprint density at radius 3 is 2.42 bits per heavy atom. The molecular weight excluding hydrogens is 470 g/mol. The number of ether oxygens (including phenoxy) is 2. The average molecular weight is 510 g/mol. The number of nitrogens with zero attached hydrogens (tertiary/aromatic N) is 1. The molecule has 0 aromatic heterocycles. The van der Waals surface area contributed by atoms with Gasteiger partial charge in [-0.2, -0.15) is 0 Å². The highest BCUT2D eigenvalue weighted by molar-refractivity contribution is 5.78. The van der Waals surface area contributed by atoms with Crippen LogP contribution in [0.3, 0.4) is 0 Å². The van der Waals surface area contributed by atoms with Gasteiger partial charge in [-0.15, -0.1) is 10.1 Å². The van der Waals surface area contributed by atoms with Gasteiger partial charge in [0.15, 0.2) is 0 Å². The number of aryl methyl sites for hydroxylation is 1. The van der Waals surface area contributed by atoms with E-state index in [9.17, 15) is 24.8 Å². The molecule has 202 valence electrons. The van der Waals surface area contributed by atoms with Crippen LogP contribution >= 0.6 is 0 Å². The molecule has 1 amide bonds. The Hall–Kier alpha value is -2.92. The fraction of sp³-hybridized carbons (Fsp3) is 0.680. The van der Waals surface area contributed by atoms with E-state index in [4.69, 9.17) is 9.47 Å². The van der Waals surface area contributed by atoms with Gasteiger partial charge >= 0.3 is 5.97 Å². The zero-order valence-electron chi connectivity index (χ0n) is 22.0. The molecule has 36 heavy (non-hydrogen) atoms. The van der Waals surface area contributed by atoms with Crippen molar-refractivity contribution in [3.63, 3.8) is 0 Å². The molecule has 1 saturated carbocycles. The average Bonchev–Trinajstić information content (AvgIpc) is 2.80. The highest BCUT2D eigenvalue weighted by Gasteiger charge is 2.29. The Morgan fingerprint density at radius 2 is 1.83 bits per heavy atom. The first-order chi connectivity index (χ1) is 16.8. The lowest BCUT2D eigenvalue weighted by Crippen LogP contribution is -2.52. The van der Waals surface area contributed by atoms with Gasteiger partial charge in [-0.3, -0.25) is 9.59 Å². The quantitative estimate of drug-likeness (QED) is 0.167. The largest absolute Gasteiger partial charge is 0.491 e. The van der Waals surface area contributed by atoms with Crippen LogP contribution in [0, 0.1) is 36.8 Å². The summed E-state index contributed by atoms with van der Waals surface area (Å²) in [5, 5.41) is 26.3. The summed E-state index contributed by atoms with van der Waals surface area (Å²) in [7, 11) is 0. The van der Waals surface area contributed by atoms with E-state index in [1.54, 1.807) is 6.07 Å². The van der Waals surface area contributed by atoms with Crippen molar-refractivity contribution < 1.29 is 34.1 Å². The van der Waals surface area contributed by atoms with Crippen LogP contribution < -0.4 is 20.1 Å². The van der Waals surface area contributed by atoms with Crippen molar-refractivity contribution >= 4 is 11.9 Å². The second kappa shape index (κ2) is 12.9. The molecule has 1 aliphatic carbocycles. The number of rotatable bonds is 12. The van der Waals surface area contributed by atoms with Gasteiger partial charge in [0.05, 0.1) is 0 Å². The van der Waals surface area contributed by atoms with Gasteiger partial charge < -0.3 is 30.1 Å². The molecule has 1 atom stereocenters. The smallest absolute Gasteiger partial charge is 0.308 e. The van der Waals surface area contributed by atoms with Crippen LogP contribution in [0.1, 0.15) is 63.1 Å². The fourth-order valence-corrected chi connectivity index (χ4v) is 4.18. The van der Waals surface area contributed by atoms with Crippen LogP contribution in [0.4, 0.5) is 0 Å². The highest BCUT2D eigenvalue weighted by Crippen LogP contribution is 2.33. The molecule has 1 aromatic rings. The van der Waals surface area contributed by atoms with Crippen LogP contribution in [-0.4, -0.2) is 59.5 Å². The summed E-state index contributed by atoms with van der Waals surface area (Å²) >= 11 is 0. The molecule has 3 N–H and O–H groups in total. The predicted octanol–water partition coefficient (Wildman–Crippen LogP) is 2.53. The first-order valence-corrected chi connectivity index (χ1v) is 12.2. The minimum absolute atomic E-state index is 0.0670. The van der Waals surface area contributed by atoms with Crippen molar-refractivity contribution in [3.05, 3.63) is 32.9 Å². The van der Waals surface area contributed by atoms with Crippen molar-refractivity contribution in [2.45, 2.75) is 85.0 Å². The van der Waals surface area contributed by atoms with Gasteiger partial charge in [0, 0.05) is 31.5 Å². The zero-order chi connectivity index (χ0) is 27.0. The summed E-state index contributed by atoms with van der Waals surface area (Å²) < 4.78 is 11.1. The Bertz CT molecular complexity index is 942. The molecule has 0 spiro atoms. The standard InChI is InChI=1S/C25H39N3O8/c1-15-11-22(16(2)17(3)23(15)35-18(4)29)34-13-20(30)12-27-25(5,6)14-26-24(31)19-7-9-21(10-8-19)36-28(32)33/h11,19-21,27,30H,7-10,12-14H2,1-6H3,(H,26,31). The summed E-state index contributed by atoms with van der Waals surface area (Å²) in [5.74, 6) is 0.492. The minimum Gasteiger partial charge on any atom is -0.491 e. The fourth-order valence-electron chi connectivity index (χ4n) is 4.18. The number of β-amino-alcohol motifs (C(OH)–C–C–N with tert-alkyl or cyclic N) is 1. The summed E-state index contributed by atoms with van der Waals surface area (Å²) in [6.07, 6.45) is 0.845. The third-order valence-corrected chi connectivity index (χ3v) is 6.46. The number of aliphatic hydroxyl groups is 1. The maximum absolute atomic E-state index is 12.5. The lowest BCUT2D eigenvalue weighted by Gasteiger charge is -2.30. The second-order valence-corrected chi connectivity index (χ2v) is 10.1. The van der Waals surface area contributed by atoms with Crippen LogP contribution in [0.15, 0.2) is 6.07 Å². The number of hydrogen-bond acceptors (Lipinski definition) is 9. The van der Waals surface area contributed by atoms with Crippen molar-refractivity contribution in [2.24, 2.45) is 5.92 Å². The summed E-state index contributed by atoms with van der Waals surface area (Å²) in [4.78, 5) is 38.9. The second-order valence-electron chi connectivity index (χ2n) is 10.1. The molecule has 0 bridgehead atoms. The maximum Gasteiger partial charge on any atom is 0.308 e. The molecule has 1 unspecified atom stereocenters. The van der Waals surface area contributed by atoms with Crippen molar-refractivity contribution in [3.8, 4) is 11.5 Å². The molecule has 0 saturated heterocycles. The topological polar surface area (TPSA) is 149 Å². The van der Waals surface area contributed by atoms with Gasteiger partial charge in [-0.25, -0.2) is 0 Å². The molecule has 0 aliphatic heterocycles. The van der Waals surface area contributed by atoms with E-state index in [1.165, 1.54) is 6.92 Å². The van der Waals surface area contributed by atoms with Gasteiger partial charge in [-0.05, 0) is 83.1 Å². The van der Waals surface area contributed by atoms with Crippen molar-refractivity contribution in [2.75, 3.05) is 19.7 Å². The Balaban J connectivity index is 1.77. The Kier molecular flexibility index (Phi) is 10.5. The number of aliphatic hydroxyl groups excluding tert-OH is 1. The van der Waals surface area contributed by atoms with Gasteiger partial charge in [0.1, 0.15) is 30.3 Å². The summed E-state index contributed by atoms with van der Waals surface area (Å²) in [6, 6.07) is 1.79. The van der Waals surface area contributed by atoms with Crippen LogP contribution in [-0.2, 0) is 14.4 Å². The van der Waals surface area contributed by atoms with E-state index < -0.39 is 22.8 Å². The molecule has 1 aromatic carbocycles. The Morgan fingerprint density at radius 1 is 1.19 bits per heavy atom. The number of carbonyl (C=O) groups is 2. The lowest BCUT2D eigenvalue weighted by atomic mass is 9.86. The number of carbonyl (C=O) groups excluding carboxylic acids is 2. The highest BCUT2D eigenvalue weighted by atomic mass is 17.0. The summed E-state index contributed by atoms with van der Waals surface area (Å²) in [5.41, 5.74) is 1.94. The zero-order valence-corrected chi connectivity index (χ0v) is 22.0. The van der Waals surface area contributed by atoms with Crippen molar-refractivity contribution in [1.82, 2.24) is 10.6 Å². The van der Waals surface area contributed by atoms with E-state index >= 15 is 0 Å². The number of benzene rings is 1. The van der Waals surface area contributed by atoms with E-state index in [-0.39, 0.29) is 30.9 Å². The van der Waals surface area contributed by atoms with Gasteiger partial charge in [0.2, 0.25) is 5.91 Å². The Labute approximate surface area is 212 Å². The van der Waals surface area contributed by atoms with E-state index in [0.717, 1.165) is 16.7 Å². The molecule has 0 radical (unpaired) electrons. The SMILES string of the molecule is CC(=O)Oc1c(C)cc(OCC(O)CNC(C)(C)CNC(=O)C2CCC(O[N+](=O)[O-])CC2)c(C)c1C. The molecule has 1 fully saturated rings. The normalized spacial score (nSPS) is 18.8. The first kappa shape index (κ1) is 29.3. The predicted molar refractivity (Wildman–Crippen MR) is 132 cm³/mol. The molecule has 11 nitrogen and oxygen atoms in total. The number of esters is 1. The van der Waals surface area contributed by atoms with E-state index in [2.05, 4.69) is 15.5 Å². The van der Waals surface area contributed by atoms with Crippen molar-refractivity contribution in [1.29, 1.82) is 0 Å². The molecular formula is C25H39N3O8. The third kappa shape index (κ3) is 8.94. The molecule has 1 aliphatic rings.